The number of ether oxygens (including phenoxy) is 1. The molecule has 0 aromatic carbocycles. The number of anilines is 2. The van der Waals surface area contributed by atoms with Crippen molar-refractivity contribution >= 4 is 23.5 Å². The van der Waals surface area contributed by atoms with Gasteiger partial charge in [0.05, 0.1) is 7.11 Å². The first-order valence-electron chi connectivity index (χ1n) is 6.15. The lowest BCUT2D eigenvalue weighted by molar-refractivity contribution is 0.398. The van der Waals surface area contributed by atoms with Crippen molar-refractivity contribution in [1.29, 1.82) is 0 Å². The van der Waals surface area contributed by atoms with Gasteiger partial charge in [-0.25, -0.2) is 0 Å². The minimum Gasteiger partial charge on any atom is -0.481 e. The van der Waals surface area contributed by atoms with E-state index in [-0.39, 0.29) is 5.95 Å². The molecule has 0 saturated heterocycles. The zero-order chi connectivity index (χ0) is 13.0. The quantitative estimate of drug-likeness (QED) is 0.852. The van der Waals surface area contributed by atoms with Crippen molar-refractivity contribution in [2.75, 3.05) is 31.0 Å². The van der Waals surface area contributed by atoms with Crippen molar-refractivity contribution in [3.05, 3.63) is 6.07 Å². The number of aromatic nitrogens is 2. The van der Waals surface area contributed by atoms with Gasteiger partial charge in [0.15, 0.2) is 0 Å². The van der Waals surface area contributed by atoms with Crippen LogP contribution < -0.4 is 15.8 Å². The van der Waals surface area contributed by atoms with Crippen LogP contribution >= 0.6 is 11.8 Å². The van der Waals surface area contributed by atoms with Crippen LogP contribution in [0.2, 0.25) is 0 Å². The first-order valence-corrected chi connectivity index (χ1v) is 7.37. The summed E-state index contributed by atoms with van der Waals surface area (Å²) >= 11 is 1.94. The van der Waals surface area contributed by atoms with Gasteiger partial charge in [-0.3, -0.25) is 0 Å². The smallest absolute Gasteiger partial charge is 0.225 e. The standard InChI is InChI=1S/C12H20N4OS/c1-17-10-7-9(15-11(13)16-10)14-8-12(18-2)5-3-4-6-12/h7H,3-6,8H2,1-2H3,(H3,13,14,15,16). The van der Waals surface area contributed by atoms with E-state index in [1.807, 2.05) is 11.8 Å². The van der Waals surface area contributed by atoms with Crippen molar-refractivity contribution in [3.8, 4) is 5.88 Å². The van der Waals surface area contributed by atoms with Crippen molar-refractivity contribution in [3.63, 3.8) is 0 Å². The lowest BCUT2D eigenvalue weighted by atomic mass is 10.1. The topological polar surface area (TPSA) is 73.1 Å². The molecule has 1 heterocycles. The van der Waals surface area contributed by atoms with Crippen molar-refractivity contribution < 1.29 is 4.74 Å². The number of thioether (sulfide) groups is 1. The minimum atomic E-state index is 0.237. The summed E-state index contributed by atoms with van der Waals surface area (Å²) in [5, 5.41) is 3.36. The van der Waals surface area contributed by atoms with Gasteiger partial charge in [0.25, 0.3) is 0 Å². The molecule has 0 radical (unpaired) electrons. The van der Waals surface area contributed by atoms with E-state index in [0.717, 1.165) is 12.4 Å². The third kappa shape index (κ3) is 2.98. The normalized spacial score (nSPS) is 17.7. The van der Waals surface area contributed by atoms with E-state index in [4.69, 9.17) is 10.5 Å². The number of rotatable bonds is 5. The second kappa shape index (κ2) is 5.65. The van der Waals surface area contributed by atoms with E-state index in [9.17, 15) is 0 Å². The van der Waals surface area contributed by atoms with E-state index in [1.165, 1.54) is 25.7 Å². The van der Waals surface area contributed by atoms with E-state index < -0.39 is 0 Å². The SMILES string of the molecule is COc1cc(NCC2(SC)CCCC2)nc(N)n1. The molecule has 18 heavy (non-hydrogen) atoms. The molecule has 5 nitrogen and oxygen atoms in total. The maximum absolute atomic E-state index is 5.64. The van der Waals surface area contributed by atoms with Gasteiger partial charge in [-0.2, -0.15) is 21.7 Å². The molecule has 0 unspecified atom stereocenters. The average Bonchev–Trinajstić information content (AvgIpc) is 2.85. The molecule has 1 aromatic rings. The molecule has 3 N–H and O–H groups in total. The minimum absolute atomic E-state index is 0.237. The zero-order valence-corrected chi connectivity index (χ0v) is 11.7. The predicted octanol–water partition coefficient (Wildman–Crippen LogP) is 2.16. The van der Waals surface area contributed by atoms with Crippen LogP contribution in [0, 0.1) is 0 Å². The first-order chi connectivity index (χ1) is 8.67. The number of nitrogens with one attached hydrogen (secondary N) is 1. The van der Waals surface area contributed by atoms with Gasteiger partial charge in [0.1, 0.15) is 5.82 Å². The summed E-state index contributed by atoms with van der Waals surface area (Å²) in [6.45, 7) is 0.910. The highest BCUT2D eigenvalue weighted by Crippen LogP contribution is 2.40. The van der Waals surface area contributed by atoms with Gasteiger partial charge in [-0.15, -0.1) is 0 Å². The Kier molecular flexibility index (Phi) is 4.16. The third-order valence-corrected chi connectivity index (χ3v) is 4.89. The molecule has 1 aromatic heterocycles. The molecule has 0 amide bonds. The molecular weight excluding hydrogens is 248 g/mol. The van der Waals surface area contributed by atoms with Crippen molar-refractivity contribution in [1.82, 2.24) is 9.97 Å². The van der Waals surface area contributed by atoms with Gasteiger partial charge in [-0.1, -0.05) is 12.8 Å². The fourth-order valence-electron chi connectivity index (χ4n) is 2.36. The highest BCUT2D eigenvalue weighted by molar-refractivity contribution is 8.00. The van der Waals surface area contributed by atoms with Crippen LogP contribution in [0.4, 0.5) is 11.8 Å². The van der Waals surface area contributed by atoms with Crippen molar-refractivity contribution in [2.24, 2.45) is 0 Å². The number of hydrogen-bond donors (Lipinski definition) is 2. The highest BCUT2D eigenvalue weighted by atomic mass is 32.2. The molecular formula is C12H20N4OS. The van der Waals surface area contributed by atoms with Crippen molar-refractivity contribution in [2.45, 2.75) is 30.4 Å². The summed E-state index contributed by atoms with van der Waals surface area (Å²) in [5.41, 5.74) is 5.64. The average molecular weight is 268 g/mol. The molecule has 1 aliphatic carbocycles. The van der Waals surface area contributed by atoms with Crippen LogP contribution in [0.1, 0.15) is 25.7 Å². The first kappa shape index (κ1) is 13.3. The Bertz CT molecular complexity index is 407. The van der Waals surface area contributed by atoms with Gasteiger partial charge in [0.2, 0.25) is 11.8 Å². The summed E-state index contributed by atoms with van der Waals surface area (Å²) < 4.78 is 5.42. The molecule has 1 aliphatic rings. The number of nitrogens with zero attached hydrogens (tertiary/aromatic N) is 2. The van der Waals surface area contributed by atoms with Crippen LogP contribution in [0.5, 0.6) is 5.88 Å². The molecule has 1 saturated carbocycles. The van der Waals surface area contributed by atoms with Crippen LogP contribution in [-0.4, -0.2) is 34.6 Å². The second-order valence-electron chi connectivity index (χ2n) is 4.60. The van der Waals surface area contributed by atoms with E-state index in [0.29, 0.717) is 10.6 Å². The molecule has 0 spiro atoms. The maximum Gasteiger partial charge on any atom is 0.225 e. The van der Waals surface area contributed by atoms with Crippen LogP contribution in [0.25, 0.3) is 0 Å². The summed E-state index contributed by atoms with van der Waals surface area (Å²) in [4.78, 5) is 8.14. The van der Waals surface area contributed by atoms with Gasteiger partial charge in [-0.05, 0) is 19.1 Å². The van der Waals surface area contributed by atoms with E-state index in [2.05, 4.69) is 21.5 Å². The summed E-state index contributed by atoms with van der Waals surface area (Å²) in [6.07, 6.45) is 7.34. The second-order valence-corrected chi connectivity index (χ2v) is 5.88. The van der Waals surface area contributed by atoms with E-state index >= 15 is 0 Å². The Labute approximate surface area is 112 Å². The molecule has 0 bridgehead atoms. The molecule has 0 aliphatic heterocycles. The Hall–Kier alpha value is -1.17. The Morgan fingerprint density at radius 2 is 2.17 bits per heavy atom. The largest absolute Gasteiger partial charge is 0.481 e. The monoisotopic (exact) mass is 268 g/mol. The molecule has 100 valence electrons. The lowest BCUT2D eigenvalue weighted by Crippen LogP contribution is -2.30. The predicted molar refractivity (Wildman–Crippen MR) is 76.2 cm³/mol. The molecule has 6 heteroatoms. The zero-order valence-electron chi connectivity index (χ0n) is 10.9. The number of nitrogen functional groups attached to an aromatic ring is 1. The van der Waals surface area contributed by atoms with Crippen LogP contribution in [0.15, 0.2) is 6.07 Å². The van der Waals surface area contributed by atoms with E-state index in [1.54, 1.807) is 13.2 Å². The fraction of sp³-hybridized carbons (Fsp3) is 0.667. The van der Waals surface area contributed by atoms with Gasteiger partial charge >= 0.3 is 0 Å². The number of methoxy groups -OCH3 is 1. The Balaban J connectivity index is 2.03. The summed E-state index contributed by atoms with van der Waals surface area (Å²) in [5.74, 6) is 1.47. The summed E-state index contributed by atoms with van der Waals surface area (Å²) in [7, 11) is 1.58. The number of hydrogen-bond acceptors (Lipinski definition) is 6. The highest BCUT2D eigenvalue weighted by Gasteiger charge is 2.32. The van der Waals surface area contributed by atoms with Crippen LogP contribution in [-0.2, 0) is 0 Å². The fourth-order valence-corrected chi connectivity index (χ4v) is 3.28. The van der Waals surface area contributed by atoms with Gasteiger partial charge in [0, 0.05) is 17.4 Å². The molecule has 1 fully saturated rings. The lowest BCUT2D eigenvalue weighted by Gasteiger charge is -2.27. The number of nitrogens with two attached hydrogens (primary N) is 1. The molecule has 2 rings (SSSR count). The van der Waals surface area contributed by atoms with Crippen LogP contribution in [0.3, 0.4) is 0 Å². The Morgan fingerprint density at radius 3 is 2.78 bits per heavy atom. The maximum atomic E-state index is 5.64. The van der Waals surface area contributed by atoms with Gasteiger partial charge < -0.3 is 15.8 Å². The molecule has 0 atom stereocenters. The third-order valence-electron chi connectivity index (χ3n) is 3.47. The summed E-state index contributed by atoms with van der Waals surface area (Å²) in [6, 6.07) is 1.78. The Morgan fingerprint density at radius 1 is 1.44 bits per heavy atom.